The number of nitrogens with zero attached hydrogens (tertiary/aromatic N) is 1. The smallest absolute Gasteiger partial charge is 0.419 e. The normalized spacial score (nSPS) is 16.3. The van der Waals surface area contributed by atoms with Crippen molar-refractivity contribution < 1.29 is 31.9 Å². The minimum atomic E-state index is -4.83. The highest BCUT2D eigenvalue weighted by atomic mass is 19.4. The molecular formula is C25H35F4NO3. The molecular weight excluding hydrogens is 438 g/mol. The van der Waals surface area contributed by atoms with Crippen LogP contribution >= 0.6 is 0 Å². The molecule has 0 aromatic heterocycles. The van der Waals surface area contributed by atoms with Crippen molar-refractivity contribution in [1.29, 1.82) is 0 Å². The van der Waals surface area contributed by atoms with E-state index < -0.39 is 35.5 Å². The average molecular weight is 474 g/mol. The first kappa shape index (κ1) is 27.1. The van der Waals surface area contributed by atoms with Crippen molar-refractivity contribution in [3.63, 3.8) is 0 Å². The molecule has 33 heavy (non-hydrogen) atoms. The van der Waals surface area contributed by atoms with Gasteiger partial charge in [-0.3, -0.25) is 4.79 Å². The zero-order valence-electron chi connectivity index (χ0n) is 19.4. The predicted molar refractivity (Wildman–Crippen MR) is 118 cm³/mol. The summed E-state index contributed by atoms with van der Waals surface area (Å²) in [6, 6.07) is 1.29. The number of carbonyl (C=O) groups is 2. The Labute approximate surface area is 193 Å². The second kappa shape index (κ2) is 13.6. The number of hydrogen-bond donors (Lipinski definition) is 0. The standard InChI is InChI=1S/C25H35F4NO3/c1-2-3-4-5-6-7-8-9-10-11-17-33-24(32)22-13-12-16-30(22)23(31)19-14-15-20(21(26)18-19)25(27,28)29/h14-15,18,22H,2-13,16-17H2,1H3. The van der Waals surface area contributed by atoms with Crippen molar-refractivity contribution in [3.05, 3.63) is 35.1 Å². The second-order valence-corrected chi connectivity index (χ2v) is 8.70. The van der Waals surface area contributed by atoms with E-state index in [9.17, 15) is 27.2 Å². The molecule has 1 amide bonds. The molecule has 1 unspecified atom stereocenters. The van der Waals surface area contributed by atoms with Gasteiger partial charge in [-0.1, -0.05) is 64.7 Å². The van der Waals surface area contributed by atoms with Crippen LogP contribution in [0.15, 0.2) is 18.2 Å². The van der Waals surface area contributed by atoms with Gasteiger partial charge in [-0.05, 0) is 37.5 Å². The first-order chi connectivity index (χ1) is 15.8. The molecule has 0 aliphatic carbocycles. The van der Waals surface area contributed by atoms with E-state index in [1.54, 1.807) is 0 Å². The molecule has 186 valence electrons. The summed E-state index contributed by atoms with van der Waals surface area (Å²) in [6.45, 7) is 2.76. The number of carbonyl (C=O) groups excluding carboxylic acids is 2. The van der Waals surface area contributed by atoms with E-state index in [0.717, 1.165) is 25.3 Å². The van der Waals surface area contributed by atoms with E-state index in [1.807, 2.05) is 0 Å². The third kappa shape index (κ3) is 8.63. The van der Waals surface area contributed by atoms with Gasteiger partial charge in [0.2, 0.25) is 0 Å². The van der Waals surface area contributed by atoms with Crippen LogP contribution in [0.1, 0.15) is 99.9 Å². The molecule has 0 saturated carbocycles. The SMILES string of the molecule is CCCCCCCCCCCCOC(=O)C1CCCN1C(=O)c1ccc(C(F)(F)F)c(F)c1. The van der Waals surface area contributed by atoms with E-state index in [-0.39, 0.29) is 18.7 Å². The second-order valence-electron chi connectivity index (χ2n) is 8.70. The molecule has 1 aliphatic rings. The first-order valence-corrected chi connectivity index (χ1v) is 12.1. The van der Waals surface area contributed by atoms with Crippen LogP contribution in [-0.4, -0.2) is 36.0 Å². The molecule has 4 nitrogen and oxygen atoms in total. The summed E-state index contributed by atoms with van der Waals surface area (Å²) in [5.41, 5.74) is -1.64. The molecule has 1 aromatic rings. The molecule has 0 spiro atoms. The van der Waals surface area contributed by atoms with Gasteiger partial charge in [0.1, 0.15) is 11.9 Å². The largest absolute Gasteiger partial charge is 0.464 e. The number of esters is 1. The lowest BCUT2D eigenvalue weighted by Gasteiger charge is -2.23. The molecule has 1 aromatic carbocycles. The Kier molecular flexibility index (Phi) is 11.1. The van der Waals surface area contributed by atoms with Crippen LogP contribution in [0.4, 0.5) is 17.6 Å². The Bertz CT molecular complexity index is 767. The van der Waals surface area contributed by atoms with Gasteiger partial charge in [-0.2, -0.15) is 13.2 Å². The summed E-state index contributed by atoms with van der Waals surface area (Å²) in [4.78, 5) is 26.4. The monoisotopic (exact) mass is 473 g/mol. The van der Waals surface area contributed by atoms with Gasteiger partial charge in [0, 0.05) is 12.1 Å². The van der Waals surface area contributed by atoms with Crippen molar-refractivity contribution in [1.82, 2.24) is 4.90 Å². The molecule has 8 heteroatoms. The lowest BCUT2D eigenvalue weighted by Crippen LogP contribution is -2.41. The van der Waals surface area contributed by atoms with Crippen molar-refractivity contribution in [3.8, 4) is 0 Å². The molecule has 1 aliphatic heterocycles. The van der Waals surface area contributed by atoms with Crippen molar-refractivity contribution in [2.45, 2.75) is 96.2 Å². The van der Waals surface area contributed by atoms with Crippen LogP contribution in [-0.2, 0) is 15.7 Å². The van der Waals surface area contributed by atoms with Crippen LogP contribution < -0.4 is 0 Å². The number of unbranched alkanes of at least 4 members (excludes halogenated alkanes) is 9. The van der Waals surface area contributed by atoms with Gasteiger partial charge >= 0.3 is 12.1 Å². The number of benzene rings is 1. The summed E-state index contributed by atoms with van der Waals surface area (Å²) in [7, 11) is 0. The Morgan fingerprint density at radius 3 is 2.18 bits per heavy atom. The van der Waals surface area contributed by atoms with Crippen LogP contribution in [0.3, 0.4) is 0 Å². The van der Waals surface area contributed by atoms with E-state index in [0.29, 0.717) is 25.0 Å². The van der Waals surface area contributed by atoms with Gasteiger partial charge in [-0.15, -0.1) is 0 Å². The molecule has 1 heterocycles. The van der Waals surface area contributed by atoms with E-state index in [2.05, 4.69) is 6.92 Å². The third-order valence-corrected chi connectivity index (χ3v) is 6.05. The molecule has 1 atom stereocenters. The van der Waals surface area contributed by atoms with Gasteiger partial charge < -0.3 is 9.64 Å². The number of likely N-dealkylation sites (tertiary alicyclic amines) is 1. The predicted octanol–water partition coefficient (Wildman–Crippen LogP) is 6.91. The topological polar surface area (TPSA) is 46.6 Å². The van der Waals surface area contributed by atoms with Gasteiger partial charge in [0.15, 0.2) is 0 Å². The Morgan fingerprint density at radius 1 is 1.00 bits per heavy atom. The van der Waals surface area contributed by atoms with Crippen LogP contribution in [0.25, 0.3) is 0 Å². The summed E-state index contributed by atoms with van der Waals surface area (Å²) < 4.78 is 57.4. The summed E-state index contributed by atoms with van der Waals surface area (Å²) in [5, 5.41) is 0. The van der Waals surface area contributed by atoms with Gasteiger partial charge in [-0.25, -0.2) is 9.18 Å². The first-order valence-electron chi connectivity index (χ1n) is 12.1. The third-order valence-electron chi connectivity index (χ3n) is 6.05. The zero-order chi connectivity index (χ0) is 24.3. The molecule has 2 rings (SSSR count). The fraction of sp³-hybridized carbons (Fsp3) is 0.680. The Morgan fingerprint density at radius 2 is 1.61 bits per heavy atom. The number of amides is 1. The van der Waals surface area contributed by atoms with Crippen molar-refractivity contribution >= 4 is 11.9 Å². The quantitative estimate of drug-likeness (QED) is 0.178. The van der Waals surface area contributed by atoms with Crippen molar-refractivity contribution in [2.24, 2.45) is 0 Å². The maximum Gasteiger partial charge on any atom is 0.419 e. The molecule has 1 fully saturated rings. The minimum absolute atomic E-state index is 0.213. The van der Waals surface area contributed by atoms with E-state index >= 15 is 0 Å². The van der Waals surface area contributed by atoms with E-state index in [4.69, 9.17) is 4.74 Å². The zero-order valence-corrected chi connectivity index (χ0v) is 19.4. The lowest BCUT2D eigenvalue weighted by molar-refractivity contribution is -0.148. The minimum Gasteiger partial charge on any atom is -0.464 e. The average Bonchev–Trinajstić information content (AvgIpc) is 3.26. The summed E-state index contributed by atoms with van der Waals surface area (Å²) >= 11 is 0. The molecule has 0 radical (unpaired) electrons. The fourth-order valence-corrected chi connectivity index (χ4v) is 4.16. The Hall–Kier alpha value is -2.12. The van der Waals surface area contributed by atoms with Crippen LogP contribution in [0.5, 0.6) is 0 Å². The number of rotatable bonds is 13. The summed E-state index contributed by atoms with van der Waals surface area (Å²) in [5.74, 6) is -2.68. The van der Waals surface area contributed by atoms with Gasteiger partial charge in [0.05, 0.1) is 12.2 Å². The maximum absolute atomic E-state index is 13.9. The Balaban J connectivity index is 1.73. The van der Waals surface area contributed by atoms with Crippen LogP contribution in [0.2, 0.25) is 0 Å². The highest BCUT2D eigenvalue weighted by Crippen LogP contribution is 2.32. The molecule has 1 saturated heterocycles. The molecule has 0 bridgehead atoms. The van der Waals surface area contributed by atoms with Crippen LogP contribution in [0, 0.1) is 5.82 Å². The van der Waals surface area contributed by atoms with E-state index in [1.165, 1.54) is 49.8 Å². The fourth-order valence-electron chi connectivity index (χ4n) is 4.16. The number of alkyl halides is 3. The lowest BCUT2D eigenvalue weighted by atomic mass is 10.1. The van der Waals surface area contributed by atoms with Crippen molar-refractivity contribution in [2.75, 3.05) is 13.2 Å². The van der Waals surface area contributed by atoms with Gasteiger partial charge in [0.25, 0.3) is 5.91 Å². The summed E-state index contributed by atoms with van der Waals surface area (Å²) in [6.07, 6.45) is 7.81. The maximum atomic E-state index is 13.9. The number of hydrogen-bond acceptors (Lipinski definition) is 3. The molecule has 0 N–H and O–H groups in total. The number of ether oxygens (including phenoxy) is 1. The highest BCUT2D eigenvalue weighted by molar-refractivity contribution is 5.97. The number of halogens is 4. The highest BCUT2D eigenvalue weighted by Gasteiger charge is 2.37.